The van der Waals surface area contributed by atoms with E-state index in [4.69, 9.17) is 11.6 Å². The number of anilines is 1. The quantitative estimate of drug-likeness (QED) is 0.901. The van der Waals surface area contributed by atoms with Gasteiger partial charge in [-0.15, -0.1) is 0 Å². The van der Waals surface area contributed by atoms with Crippen LogP contribution in [0.5, 0.6) is 0 Å². The Hall–Kier alpha value is -1.91. The predicted octanol–water partition coefficient (Wildman–Crippen LogP) is 3.76. The van der Waals surface area contributed by atoms with Gasteiger partial charge in [0.05, 0.1) is 16.3 Å². The molecular formula is C18H20ClN3O. The average molecular weight is 330 g/mol. The predicted molar refractivity (Wildman–Crippen MR) is 93.2 cm³/mol. The number of aromatic nitrogens is 1. The summed E-state index contributed by atoms with van der Waals surface area (Å²) in [6.07, 6.45) is 3.97. The Morgan fingerprint density at radius 1 is 1.35 bits per heavy atom. The van der Waals surface area contributed by atoms with E-state index in [-0.39, 0.29) is 5.91 Å². The summed E-state index contributed by atoms with van der Waals surface area (Å²) in [7, 11) is 0. The molecule has 1 fully saturated rings. The lowest BCUT2D eigenvalue weighted by Gasteiger charge is -2.23. The third-order valence-electron chi connectivity index (χ3n) is 4.22. The standard InChI is InChI=1S/C18H20ClN3O/c1-12-17(19)9-15(11-21-12)18(23)22-16-6-4-13(5-7-16)14-3-2-8-20-10-14/h4-7,9,11,14,20H,2-3,8,10H2,1H3,(H,22,23)/t14-/m1/s1. The molecule has 1 aromatic carbocycles. The van der Waals surface area contributed by atoms with E-state index < -0.39 is 0 Å². The van der Waals surface area contributed by atoms with Gasteiger partial charge in [0.2, 0.25) is 0 Å². The highest BCUT2D eigenvalue weighted by atomic mass is 35.5. The normalized spacial score (nSPS) is 17.7. The van der Waals surface area contributed by atoms with Gasteiger partial charge in [0.25, 0.3) is 5.91 Å². The Labute approximate surface area is 141 Å². The molecule has 1 amide bonds. The lowest BCUT2D eigenvalue weighted by molar-refractivity contribution is 0.102. The van der Waals surface area contributed by atoms with Crippen molar-refractivity contribution in [1.82, 2.24) is 10.3 Å². The van der Waals surface area contributed by atoms with E-state index >= 15 is 0 Å². The van der Waals surface area contributed by atoms with Crippen molar-refractivity contribution in [2.45, 2.75) is 25.7 Å². The zero-order valence-corrected chi connectivity index (χ0v) is 13.9. The largest absolute Gasteiger partial charge is 0.322 e. The zero-order valence-electron chi connectivity index (χ0n) is 13.1. The van der Waals surface area contributed by atoms with Crippen LogP contribution in [0.1, 0.15) is 40.4 Å². The number of nitrogens with one attached hydrogen (secondary N) is 2. The van der Waals surface area contributed by atoms with E-state index in [1.54, 1.807) is 12.3 Å². The number of pyridine rings is 1. The van der Waals surface area contributed by atoms with E-state index in [0.29, 0.717) is 22.2 Å². The Bertz CT molecular complexity index is 694. The number of piperidine rings is 1. The second kappa shape index (κ2) is 7.11. The number of benzene rings is 1. The first kappa shape index (κ1) is 16.0. The molecule has 120 valence electrons. The summed E-state index contributed by atoms with van der Waals surface area (Å²) < 4.78 is 0. The molecule has 0 aliphatic carbocycles. The molecule has 0 radical (unpaired) electrons. The van der Waals surface area contributed by atoms with Crippen molar-refractivity contribution in [3.8, 4) is 0 Å². The minimum atomic E-state index is -0.202. The summed E-state index contributed by atoms with van der Waals surface area (Å²) in [6.45, 7) is 3.94. The number of hydrogen-bond acceptors (Lipinski definition) is 3. The number of aryl methyl sites for hydroxylation is 1. The SMILES string of the molecule is Cc1ncc(C(=O)Nc2ccc([C@@H]3CCCNC3)cc2)cc1Cl. The Morgan fingerprint density at radius 2 is 2.13 bits per heavy atom. The summed E-state index contributed by atoms with van der Waals surface area (Å²) in [5, 5.41) is 6.80. The Balaban J connectivity index is 1.67. The number of halogens is 1. The number of nitrogens with zero attached hydrogens (tertiary/aromatic N) is 1. The molecule has 4 nitrogen and oxygen atoms in total. The molecule has 2 heterocycles. The maximum Gasteiger partial charge on any atom is 0.257 e. The molecule has 2 aromatic rings. The lowest BCUT2D eigenvalue weighted by Crippen LogP contribution is -2.28. The molecule has 1 atom stereocenters. The van der Waals surface area contributed by atoms with E-state index in [1.807, 2.05) is 19.1 Å². The fourth-order valence-electron chi connectivity index (χ4n) is 2.81. The summed E-state index contributed by atoms with van der Waals surface area (Å²) in [6, 6.07) is 9.72. The number of carbonyl (C=O) groups is 1. The van der Waals surface area contributed by atoms with Gasteiger partial charge < -0.3 is 10.6 Å². The van der Waals surface area contributed by atoms with Gasteiger partial charge in [0, 0.05) is 18.4 Å². The maximum absolute atomic E-state index is 12.2. The van der Waals surface area contributed by atoms with Gasteiger partial charge in [-0.25, -0.2) is 0 Å². The second-order valence-electron chi connectivity index (χ2n) is 5.91. The molecule has 3 rings (SSSR count). The Morgan fingerprint density at radius 3 is 2.78 bits per heavy atom. The minimum absolute atomic E-state index is 0.202. The van der Waals surface area contributed by atoms with Gasteiger partial charge >= 0.3 is 0 Å². The highest BCUT2D eigenvalue weighted by Gasteiger charge is 2.15. The molecule has 0 saturated carbocycles. The third kappa shape index (κ3) is 3.89. The smallest absolute Gasteiger partial charge is 0.257 e. The zero-order chi connectivity index (χ0) is 16.2. The van der Waals surface area contributed by atoms with Crippen LogP contribution in [0, 0.1) is 6.92 Å². The number of hydrogen-bond donors (Lipinski definition) is 2. The molecule has 1 aromatic heterocycles. The third-order valence-corrected chi connectivity index (χ3v) is 4.61. The van der Waals surface area contributed by atoms with E-state index in [1.165, 1.54) is 18.4 Å². The van der Waals surface area contributed by atoms with Crippen molar-refractivity contribution in [2.75, 3.05) is 18.4 Å². The molecule has 2 N–H and O–H groups in total. The molecular weight excluding hydrogens is 310 g/mol. The van der Waals surface area contributed by atoms with Crippen LogP contribution in [-0.4, -0.2) is 24.0 Å². The van der Waals surface area contributed by atoms with Crippen molar-refractivity contribution in [3.05, 3.63) is 58.4 Å². The molecule has 1 saturated heterocycles. The van der Waals surface area contributed by atoms with Crippen molar-refractivity contribution >= 4 is 23.2 Å². The highest BCUT2D eigenvalue weighted by molar-refractivity contribution is 6.31. The summed E-state index contributed by atoms with van der Waals surface area (Å²) in [4.78, 5) is 16.4. The molecule has 23 heavy (non-hydrogen) atoms. The summed E-state index contributed by atoms with van der Waals surface area (Å²) >= 11 is 6.02. The number of amides is 1. The number of rotatable bonds is 3. The van der Waals surface area contributed by atoms with Crippen LogP contribution >= 0.6 is 11.6 Å². The molecule has 0 unspecified atom stereocenters. The van der Waals surface area contributed by atoms with Gasteiger partial charge in [0.15, 0.2) is 0 Å². The van der Waals surface area contributed by atoms with E-state index in [0.717, 1.165) is 18.8 Å². The lowest BCUT2D eigenvalue weighted by atomic mass is 9.91. The van der Waals surface area contributed by atoms with Gasteiger partial charge in [-0.05, 0) is 56.0 Å². The first-order chi connectivity index (χ1) is 11.1. The van der Waals surface area contributed by atoms with Crippen molar-refractivity contribution < 1.29 is 4.79 Å². The van der Waals surface area contributed by atoms with E-state index in [2.05, 4.69) is 27.8 Å². The minimum Gasteiger partial charge on any atom is -0.322 e. The van der Waals surface area contributed by atoms with Crippen LogP contribution in [0.15, 0.2) is 36.5 Å². The number of carbonyl (C=O) groups excluding carboxylic acids is 1. The average Bonchev–Trinajstić information content (AvgIpc) is 2.59. The van der Waals surface area contributed by atoms with Crippen molar-refractivity contribution in [3.63, 3.8) is 0 Å². The maximum atomic E-state index is 12.2. The summed E-state index contributed by atoms with van der Waals surface area (Å²) in [5.41, 5.74) is 3.27. The van der Waals surface area contributed by atoms with Gasteiger partial charge in [-0.3, -0.25) is 9.78 Å². The van der Waals surface area contributed by atoms with Gasteiger partial charge in [0.1, 0.15) is 0 Å². The monoisotopic (exact) mass is 329 g/mol. The topological polar surface area (TPSA) is 54.0 Å². The van der Waals surface area contributed by atoms with Crippen LogP contribution in [-0.2, 0) is 0 Å². The van der Waals surface area contributed by atoms with Gasteiger partial charge in [-0.1, -0.05) is 23.7 Å². The second-order valence-corrected chi connectivity index (χ2v) is 6.32. The fraction of sp³-hybridized carbons (Fsp3) is 0.333. The van der Waals surface area contributed by atoms with Crippen LogP contribution in [0.25, 0.3) is 0 Å². The van der Waals surface area contributed by atoms with Crippen LogP contribution < -0.4 is 10.6 Å². The summed E-state index contributed by atoms with van der Waals surface area (Å²) in [5.74, 6) is 0.361. The molecule has 0 spiro atoms. The first-order valence-corrected chi connectivity index (χ1v) is 8.25. The van der Waals surface area contributed by atoms with Crippen molar-refractivity contribution in [1.29, 1.82) is 0 Å². The molecule has 5 heteroatoms. The van der Waals surface area contributed by atoms with Gasteiger partial charge in [-0.2, -0.15) is 0 Å². The fourth-order valence-corrected chi connectivity index (χ4v) is 2.98. The van der Waals surface area contributed by atoms with Crippen LogP contribution in [0.3, 0.4) is 0 Å². The van der Waals surface area contributed by atoms with E-state index in [9.17, 15) is 4.79 Å². The van der Waals surface area contributed by atoms with Crippen molar-refractivity contribution in [2.24, 2.45) is 0 Å². The highest BCUT2D eigenvalue weighted by Crippen LogP contribution is 2.24. The first-order valence-electron chi connectivity index (χ1n) is 7.87. The Kier molecular flexibility index (Phi) is 4.94. The van der Waals surface area contributed by atoms with Crippen LogP contribution in [0.4, 0.5) is 5.69 Å². The molecule has 1 aliphatic heterocycles. The molecule has 0 bridgehead atoms. The van der Waals surface area contributed by atoms with Crippen LogP contribution in [0.2, 0.25) is 5.02 Å². The molecule has 1 aliphatic rings.